The Labute approximate surface area is 120 Å². The molecule has 0 unspecified atom stereocenters. The van der Waals surface area contributed by atoms with Crippen LogP contribution in [-0.4, -0.2) is 5.11 Å². The number of phenolic OH excluding ortho intramolecular Hbond substituents is 1. The minimum atomic E-state index is 0.134. The first-order chi connectivity index (χ1) is 9.42. The zero-order chi connectivity index (χ0) is 14.8. The number of aromatic hydroxyl groups is 1. The van der Waals surface area contributed by atoms with Crippen molar-refractivity contribution >= 4 is 5.69 Å². The summed E-state index contributed by atoms with van der Waals surface area (Å²) in [4.78, 5) is 0. The van der Waals surface area contributed by atoms with Gasteiger partial charge in [-0.1, -0.05) is 32.9 Å². The van der Waals surface area contributed by atoms with E-state index in [4.69, 9.17) is 10.5 Å². The van der Waals surface area contributed by atoms with Crippen LogP contribution in [0.3, 0.4) is 0 Å². The molecule has 0 atom stereocenters. The first-order valence-electron chi connectivity index (χ1n) is 6.79. The molecule has 0 fully saturated rings. The molecule has 0 heterocycles. The van der Waals surface area contributed by atoms with E-state index in [9.17, 15) is 5.11 Å². The largest absolute Gasteiger partial charge is 0.508 e. The van der Waals surface area contributed by atoms with Crippen molar-refractivity contribution in [1.29, 1.82) is 0 Å². The standard InChI is InChI=1S/C17H21NO2/c1-4-17(2,3)12-5-8-14(9-6-12)20-16-10-7-13(19)11-15(16)18/h5-11,19H,4,18H2,1-3H3. The molecule has 2 aromatic rings. The topological polar surface area (TPSA) is 55.5 Å². The Morgan fingerprint density at radius 2 is 1.75 bits per heavy atom. The molecule has 0 radical (unpaired) electrons. The Kier molecular flexibility index (Phi) is 3.89. The normalized spacial score (nSPS) is 11.3. The second kappa shape index (κ2) is 5.45. The van der Waals surface area contributed by atoms with Crippen molar-refractivity contribution in [2.45, 2.75) is 32.6 Å². The van der Waals surface area contributed by atoms with Gasteiger partial charge in [-0.15, -0.1) is 0 Å². The summed E-state index contributed by atoms with van der Waals surface area (Å²) in [5.41, 5.74) is 7.67. The molecule has 0 aliphatic rings. The summed E-state index contributed by atoms with van der Waals surface area (Å²) in [5.74, 6) is 1.42. The lowest BCUT2D eigenvalue weighted by atomic mass is 9.82. The van der Waals surface area contributed by atoms with Crippen LogP contribution in [0.4, 0.5) is 5.69 Å². The van der Waals surface area contributed by atoms with Gasteiger partial charge in [-0.25, -0.2) is 0 Å². The molecule has 2 aromatic carbocycles. The van der Waals surface area contributed by atoms with Gasteiger partial charge in [-0.05, 0) is 41.7 Å². The quantitative estimate of drug-likeness (QED) is 0.807. The third-order valence-electron chi connectivity index (χ3n) is 3.74. The number of benzene rings is 2. The van der Waals surface area contributed by atoms with Crippen molar-refractivity contribution in [2.24, 2.45) is 0 Å². The van der Waals surface area contributed by atoms with Crippen molar-refractivity contribution in [1.82, 2.24) is 0 Å². The lowest BCUT2D eigenvalue weighted by Gasteiger charge is -2.23. The van der Waals surface area contributed by atoms with E-state index in [1.54, 1.807) is 12.1 Å². The van der Waals surface area contributed by atoms with E-state index in [1.807, 2.05) is 12.1 Å². The molecule has 0 amide bonds. The lowest BCUT2D eigenvalue weighted by molar-refractivity contribution is 0.465. The molecule has 106 valence electrons. The van der Waals surface area contributed by atoms with Crippen LogP contribution in [0.2, 0.25) is 0 Å². The third-order valence-corrected chi connectivity index (χ3v) is 3.74. The van der Waals surface area contributed by atoms with E-state index in [0.29, 0.717) is 11.4 Å². The van der Waals surface area contributed by atoms with E-state index in [0.717, 1.165) is 12.2 Å². The van der Waals surface area contributed by atoms with Gasteiger partial charge in [0, 0.05) is 6.07 Å². The van der Waals surface area contributed by atoms with Gasteiger partial charge in [-0.3, -0.25) is 0 Å². The smallest absolute Gasteiger partial charge is 0.150 e. The summed E-state index contributed by atoms with van der Waals surface area (Å²) in [5, 5.41) is 9.32. The number of phenols is 1. The molecule has 0 bridgehead atoms. The fraction of sp³-hybridized carbons (Fsp3) is 0.294. The summed E-state index contributed by atoms with van der Waals surface area (Å²) in [6.45, 7) is 6.63. The first-order valence-corrected chi connectivity index (χ1v) is 6.79. The Hall–Kier alpha value is -2.16. The maximum Gasteiger partial charge on any atom is 0.150 e. The molecule has 0 aliphatic heterocycles. The second-order valence-electron chi connectivity index (χ2n) is 5.59. The van der Waals surface area contributed by atoms with Gasteiger partial charge in [0.05, 0.1) is 5.69 Å². The van der Waals surface area contributed by atoms with Gasteiger partial charge in [-0.2, -0.15) is 0 Å². The molecule has 2 rings (SSSR count). The van der Waals surface area contributed by atoms with Gasteiger partial charge in [0.25, 0.3) is 0 Å². The van der Waals surface area contributed by atoms with Crippen LogP contribution in [0.5, 0.6) is 17.2 Å². The SMILES string of the molecule is CCC(C)(C)c1ccc(Oc2ccc(O)cc2N)cc1. The maximum atomic E-state index is 9.32. The van der Waals surface area contributed by atoms with Gasteiger partial charge < -0.3 is 15.6 Å². The third kappa shape index (κ3) is 3.05. The lowest BCUT2D eigenvalue weighted by Crippen LogP contribution is -2.14. The Morgan fingerprint density at radius 1 is 1.10 bits per heavy atom. The highest BCUT2D eigenvalue weighted by Gasteiger charge is 2.17. The Bertz CT molecular complexity index is 588. The first kappa shape index (κ1) is 14.3. The van der Waals surface area contributed by atoms with Gasteiger partial charge in [0.1, 0.15) is 11.5 Å². The number of hydrogen-bond acceptors (Lipinski definition) is 3. The summed E-state index contributed by atoms with van der Waals surface area (Å²) in [6, 6.07) is 12.7. The molecular formula is C17H21NO2. The summed E-state index contributed by atoms with van der Waals surface area (Å²) in [7, 11) is 0. The minimum Gasteiger partial charge on any atom is -0.508 e. The van der Waals surface area contributed by atoms with Crippen molar-refractivity contribution in [3.63, 3.8) is 0 Å². The Morgan fingerprint density at radius 3 is 2.30 bits per heavy atom. The molecular weight excluding hydrogens is 250 g/mol. The van der Waals surface area contributed by atoms with Crippen LogP contribution in [0.1, 0.15) is 32.8 Å². The maximum absolute atomic E-state index is 9.32. The van der Waals surface area contributed by atoms with Gasteiger partial charge in [0.2, 0.25) is 0 Å². The number of ether oxygens (including phenoxy) is 1. The van der Waals surface area contributed by atoms with Crippen molar-refractivity contribution in [3.8, 4) is 17.2 Å². The fourth-order valence-electron chi connectivity index (χ4n) is 1.93. The molecule has 3 nitrogen and oxygen atoms in total. The van der Waals surface area contributed by atoms with Crippen molar-refractivity contribution in [2.75, 3.05) is 5.73 Å². The number of nitrogen functional groups attached to an aromatic ring is 1. The summed E-state index contributed by atoms with van der Waals surface area (Å²) >= 11 is 0. The van der Waals surface area contributed by atoms with Gasteiger partial charge >= 0.3 is 0 Å². The zero-order valence-corrected chi connectivity index (χ0v) is 12.2. The molecule has 0 spiro atoms. The highest BCUT2D eigenvalue weighted by molar-refractivity contribution is 5.57. The number of hydrogen-bond donors (Lipinski definition) is 2. The van der Waals surface area contributed by atoms with Crippen LogP contribution >= 0.6 is 0 Å². The predicted octanol–water partition coefficient (Wildman–Crippen LogP) is 4.45. The molecule has 0 aromatic heterocycles. The van der Waals surface area contributed by atoms with Crippen molar-refractivity contribution < 1.29 is 9.84 Å². The van der Waals surface area contributed by atoms with Crippen LogP contribution < -0.4 is 10.5 Å². The number of anilines is 1. The van der Waals surface area contributed by atoms with Crippen molar-refractivity contribution in [3.05, 3.63) is 48.0 Å². The van der Waals surface area contributed by atoms with Crippen LogP contribution in [-0.2, 0) is 5.41 Å². The van der Waals surface area contributed by atoms with E-state index in [1.165, 1.54) is 11.6 Å². The monoisotopic (exact) mass is 271 g/mol. The van der Waals surface area contributed by atoms with E-state index in [2.05, 4.69) is 32.9 Å². The summed E-state index contributed by atoms with van der Waals surface area (Å²) in [6.07, 6.45) is 1.08. The number of rotatable bonds is 4. The van der Waals surface area contributed by atoms with Crippen LogP contribution in [0, 0.1) is 0 Å². The average Bonchev–Trinajstić information content (AvgIpc) is 2.42. The van der Waals surface area contributed by atoms with Crippen LogP contribution in [0.15, 0.2) is 42.5 Å². The average molecular weight is 271 g/mol. The van der Waals surface area contributed by atoms with E-state index >= 15 is 0 Å². The van der Waals surface area contributed by atoms with E-state index in [-0.39, 0.29) is 11.2 Å². The number of nitrogens with two attached hydrogens (primary N) is 1. The molecule has 0 saturated carbocycles. The summed E-state index contributed by atoms with van der Waals surface area (Å²) < 4.78 is 5.73. The molecule has 3 heteroatoms. The van der Waals surface area contributed by atoms with E-state index < -0.39 is 0 Å². The highest BCUT2D eigenvalue weighted by Crippen LogP contribution is 2.32. The Balaban J connectivity index is 2.19. The fourth-order valence-corrected chi connectivity index (χ4v) is 1.93. The predicted molar refractivity (Wildman–Crippen MR) is 82.4 cm³/mol. The second-order valence-corrected chi connectivity index (χ2v) is 5.59. The highest BCUT2D eigenvalue weighted by atomic mass is 16.5. The molecule has 3 N–H and O–H groups in total. The molecule has 0 saturated heterocycles. The zero-order valence-electron chi connectivity index (χ0n) is 12.2. The van der Waals surface area contributed by atoms with Gasteiger partial charge in [0.15, 0.2) is 5.75 Å². The molecule has 0 aliphatic carbocycles. The minimum absolute atomic E-state index is 0.134. The van der Waals surface area contributed by atoms with Crippen LogP contribution in [0.25, 0.3) is 0 Å². The molecule has 20 heavy (non-hydrogen) atoms.